The van der Waals surface area contributed by atoms with Gasteiger partial charge in [-0.05, 0) is 37.7 Å². The maximum atomic E-state index is 12.4. The van der Waals surface area contributed by atoms with E-state index in [-0.39, 0.29) is 11.6 Å². The summed E-state index contributed by atoms with van der Waals surface area (Å²) in [6.45, 7) is 2.27. The number of nitrogens with zero attached hydrogens (tertiary/aromatic N) is 4. The highest BCUT2D eigenvalue weighted by atomic mass is 16.5. The van der Waals surface area contributed by atoms with E-state index in [2.05, 4.69) is 33.1 Å². The Morgan fingerprint density at radius 2 is 2.07 bits per heavy atom. The highest BCUT2D eigenvalue weighted by molar-refractivity contribution is 6.04. The molecule has 1 aromatic carbocycles. The van der Waals surface area contributed by atoms with Gasteiger partial charge in [0, 0.05) is 30.0 Å². The molecule has 2 aromatic heterocycles. The summed E-state index contributed by atoms with van der Waals surface area (Å²) in [6, 6.07) is 4.22. The van der Waals surface area contributed by atoms with Crippen molar-refractivity contribution in [2.75, 3.05) is 12.4 Å². The lowest BCUT2D eigenvalue weighted by atomic mass is 9.85. The molecule has 3 aromatic rings. The van der Waals surface area contributed by atoms with Gasteiger partial charge >= 0.3 is 0 Å². The average molecular weight is 379 g/mol. The number of fused-ring (bicyclic) bond motifs is 1. The molecule has 0 unspecified atom stereocenters. The van der Waals surface area contributed by atoms with Gasteiger partial charge in [0.05, 0.1) is 30.6 Å². The van der Waals surface area contributed by atoms with E-state index >= 15 is 0 Å². The van der Waals surface area contributed by atoms with Gasteiger partial charge in [0.25, 0.3) is 5.91 Å². The van der Waals surface area contributed by atoms with Crippen molar-refractivity contribution in [3.8, 4) is 5.75 Å². The molecule has 0 aliphatic heterocycles. The fourth-order valence-corrected chi connectivity index (χ4v) is 3.95. The molecule has 1 amide bonds. The van der Waals surface area contributed by atoms with Crippen LogP contribution < -0.4 is 10.1 Å². The number of methoxy groups -OCH3 is 1. The van der Waals surface area contributed by atoms with Crippen LogP contribution in [-0.2, 0) is 0 Å². The van der Waals surface area contributed by atoms with E-state index in [9.17, 15) is 4.79 Å². The van der Waals surface area contributed by atoms with Gasteiger partial charge < -0.3 is 10.1 Å². The molecule has 1 saturated carbocycles. The molecule has 7 nitrogen and oxygen atoms in total. The van der Waals surface area contributed by atoms with E-state index in [1.807, 2.05) is 12.1 Å². The molecular weight excluding hydrogens is 354 g/mol. The summed E-state index contributed by atoms with van der Waals surface area (Å²) in [5.74, 6) is 1.10. The SMILES string of the molecule is CCC1CCC(n2cc3cc(NC(=O)c4cnccn4)c(OC)cc3n2)CC1. The summed E-state index contributed by atoms with van der Waals surface area (Å²) in [5, 5.41) is 8.62. The maximum Gasteiger partial charge on any atom is 0.275 e. The number of rotatable bonds is 5. The second kappa shape index (κ2) is 7.96. The minimum Gasteiger partial charge on any atom is -0.494 e. The standard InChI is InChI=1S/C21H25N5O2/c1-3-14-4-6-16(7-5-14)26-13-15-10-18(20(28-2)11-17(15)25-26)24-21(27)19-12-22-8-9-23-19/h8-14,16H,3-7H2,1-2H3,(H,24,27). The Morgan fingerprint density at radius 1 is 1.25 bits per heavy atom. The summed E-state index contributed by atoms with van der Waals surface area (Å²) >= 11 is 0. The Morgan fingerprint density at radius 3 is 2.75 bits per heavy atom. The summed E-state index contributed by atoms with van der Waals surface area (Å²) in [6.07, 6.45) is 12.7. The van der Waals surface area contributed by atoms with Crippen molar-refractivity contribution in [1.82, 2.24) is 19.7 Å². The number of benzene rings is 1. The molecule has 0 atom stereocenters. The first-order valence-corrected chi connectivity index (χ1v) is 9.82. The van der Waals surface area contributed by atoms with Crippen molar-refractivity contribution in [3.05, 3.63) is 42.6 Å². The minimum absolute atomic E-state index is 0.257. The molecule has 1 aliphatic rings. The van der Waals surface area contributed by atoms with E-state index in [0.717, 1.165) is 16.8 Å². The molecule has 4 rings (SSSR count). The van der Waals surface area contributed by atoms with Gasteiger partial charge in [-0.25, -0.2) is 4.98 Å². The predicted molar refractivity (Wildman–Crippen MR) is 108 cm³/mol. The molecule has 28 heavy (non-hydrogen) atoms. The Balaban J connectivity index is 1.59. The second-order valence-corrected chi connectivity index (χ2v) is 7.35. The number of carbonyl (C=O) groups excluding carboxylic acids is 1. The Kier molecular flexibility index (Phi) is 5.23. The van der Waals surface area contributed by atoms with Gasteiger partial charge in [-0.15, -0.1) is 0 Å². The highest BCUT2D eigenvalue weighted by Crippen LogP contribution is 2.35. The molecule has 1 N–H and O–H groups in total. The number of carbonyl (C=O) groups is 1. The van der Waals surface area contributed by atoms with Gasteiger partial charge in [0.2, 0.25) is 0 Å². The zero-order valence-corrected chi connectivity index (χ0v) is 16.3. The van der Waals surface area contributed by atoms with Gasteiger partial charge in [-0.3, -0.25) is 14.5 Å². The highest BCUT2D eigenvalue weighted by Gasteiger charge is 2.22. The van der Waals surface area contributed by atoms with Crippen molar-refractivity contribution in [1.29, 1.82) is 0 Å². The van der Waals surface area contributed by atoms with Gasteiger partial charge in [-0.1, -0.05) is 13.3 Å². The number of aromatic nitrogens is 4. The largest absolute Gasteiger partial charge is 0.494 e. The molecular formula is C21H25N5O2. The molecule has 2 heterocycles. The van der Waals surface area contributed by atoms with Crippen LogP contribution >= 0.6 is 0 Å². The topological polar surface area (TPSA) is 81.9 Å². The number of amides is 1. The number of nitrogens with one attached hydrogen (secondary N) is 1. The smallest absolute Gasteiger partial charge is 0.275 e. The summed E-state index contributed by atoms with van der Waals surface area (Å²) < 4.78 is 7.56. The van der Waals surface area contributed by atoms with Crippen molar-refractivity contribution < 1.29 is 9.53 Å². The Hall–Kier alpha value is -2.96. The van der Waals surface area contributed by atoms with E-state index < -0.39 is 0 Å². The first-order valence-electron chi connectivity index (χ1n) is 9.82. The summed E-state index contributed by atoms with van der Waals surface area (Å²) in [5.41, 5.74) is 1.72. The van der Waals surface area contributed by atoms with Crippen molar-refractivity contribution in [3.63, 3.8) is 0 Å². The molecule has 146 valence electrons. The van der Waals surface area contributed by atoms with Crippen LogP contribution in [-0.4, -0.2) is 32.8 Å². The summed E-state index contributed by atoms with van der Waals surface area (Å²) in [4.78, 5) is 20.4. The molecule has 0 bridgehead atoms. The molecule has 0 radical (unpaired) electrons. The maximum absolute atomic E-state index is 12.4. The molecule has 1 aliphatic carbocycles. The molecule has 0 saturated heterocycles. The van der Waals surface area contributed by atoms with Gasteiger partial charge in [0.15, 0.2) is 0 Å². The number of hydrogen-bond acceptors (Lipinski definition) is 5. The van der Waals surface area contributed by atoms with Crippen LogP contribution in [0.2, 0.25) is 0 Å². The molecule has 1 fully saturated rings. The lowest BCUT2D eigenvalue weighted by molar-refractivity contribution is 0.102. The van der Waals surface area contributed by atoms with E-state index in [0.29, 0.717) is 17.5 Å². The van der Waals surface area contributed by atoms with Crippen LogP contribution in [0.4, 0.5) is 5.69 Å². The van der Waals surface area contributed by atoms with Crippen LogP contribution in [0.5, 0.6) is 5.75 Å². The van der Waals surface area contributed by atoms with E-state index in [1.54, 1.807) is 7.11 Å². The van der Waals surface area contributed by atoms with Crippen LogP contribution in [0.1, 0.15) is 55.6 Å². The molecule has 0 spiro atoms. The fraction of sp³-hybridized carbons (Fsp3) is 0.429. The monoisotopic (exact) mass is 379 g/mol. The van der Waals surface area contributed by atoms with Crippen LogP contribution in [0.25, 0.3) is 10.9 Å². The molecule has 7 heteroatoms. The zero-order valence-electron chi connectivity index (χ0n) is 16.3. The van der Waals surface area contributed by atoms with Gasteiger partial charge in [-0.2, -0.15) is 5.10 Å². The third-order valence-electron chi connectivity index (χ3n) is 5.66. The van der Waals surface area contributed by atoms with Crippen molar-refractivity contribution in [2.24, 2.45) is 5.92 Å². The number of ether oxygens (including phenoxy) is 1. The number of anilines is 1. The third kappa shape index (κ3) is 3.69. The first-order chi connectivity index (χ1) is 13.7. The number of hydrogen-bond donors (Lipinski definition) is 1. The third-order valence-corrected chi connectivity index (χ3v) is 5.66. The predicted octanol–water partition coefficient (Wildman–Crippen LogP) is 4.23. The van der Waals surface area contributed by atoms with E-state index in [4.69, 9.17) is 9.84 Å². The minimum atomic E-state index is -0.323. The van der Waals surface area contributed by atoms with Crippen LogP contribution in [0.15, 0.2) is 36.9 Å². The first kappa shape index (κ1) is 18.4. The fourth-order valence-electron chi connectivity index (χ4n) is 3.95. The van der Waals surface area contributed by atoms with Crippen molar-refractivity contribution >= 4 is 22.5 Å². The average Bonchev–Trinajstić information content (AvgIpc) is 3.16. The lowest BCUT2D eigenvalue weighted by Crippen LogP contribution is -2.18. The summed E-state index contributed by atoms with van der Waals surface area (Å²) in [7, 11) is 1.59. The Bertz CT molecular complexity index is 962. The van der Waals surface area contributed by atoms with Crippen molar-refractivity contribution in [2.45, 2.75) is 45.1 Å². The lowest BCUT2D eigenvalue weighted by Gasteiger charge is -2.27. The Labute approximate surface area is 164 Å². The van der Waals surface area contributed by atoms with Crippen LogP contribution in [0.3, 0.4) is 0 Å². The van der Waals surface area contributed by atoms with E-state index in [1.165, 1.54) is 50.7 Å². The van der Waals surface area contributed by atoms with Gasteiger partial charge in [0.1, 0.15) is 11.4 Å². The quantitative estimate of drug-likeness (QED) is 0.717. The zero-order chi connectivity index (χ0) is 19.5. The normalized spacial score (nSPS) is 19.5. The van der Waals surface area contributed by atoms with Crippen LogP contribution in [0, 0.1) is 5.92 Å². The second-order valence-electron chi connectivity index (χ2n) is 7.35.